The van der Waals surface area contributed by atoms with E-state index in [-0.39, 0.29) is 16.4 Å². The Hall–Kier alpha value is -2.57. The summed E-state index contributed by atoms with van der Waals surface area (Å²) in [6.45, 7) is 0.395. The fraction of sp³-hybridized carbons (Fsp3) is 0.150. The molecule has 140 valence electrons. The standard InChI is InChI=1S/C20H18ClNO4S/c21-17-8-6-15(7-9-17)10-12-22-20(23)19-16(11-13-26-19)14-27(24,25)18-4-2-1-3-5-18/h1-9,11,13H,10,12,14H2,(H,22,23). The Morgan fingerprint density at radius 1 is 1.00 bits per heavy atom. The molecule has 0 aliphatic heterocycles. The van der Waals surface area contributed by atoms with Crippen LogP contribution in [0.1, 0.15) is 21.7 Å². The summed E-state index contributed by atoms with van der Waals surface area (Å²) in [5, 5.41) is 3.41. The highest BCUT2D eigenvalue weighted by molar-refractivity contribution is 7.90. The van der Waals surface area contributed by atoms with Crippen LogP contribution in [0.25, 0.3) is 0 Å². The zero-order valence-electron chi connectivity index (χ0n) is 14.4. The molecule has 1 N–H and O–H groups in total. The van der Waals surface area contributed by atoms with E-state index in [0.717, 1.165) is 5.56 Å². The quantitative estimate of drug-likeness (QED) is 0.649. The van der Waals surface area contributed by atoms with Crippen LogP contribution in [0.3, 0.4) is 0 Å². The molecular formula is C20H18ClNO4S. The van der Waals surface area contributed by atoms with Crippen LogP contribution < -0.4 is 5.32 Å². The Labute approximate surface area is 162 Å². The molecule has 5 nitrogen and oxygen atoms in total. The number of nitrogens with one attached hydrogen (secondary N) is 1. The molecule has 3 rings (SSSR count). The van der Waals surface area contributed by atoms with Gasteiger partial charge in [-0.15, -0.1) is 0 Å². The Balaban J connectivity index is 1.64. The molecule has 1 aromatic heterocycles. The molecule has 0 fully saturated rings. The van der Waals surface area contributed by atoms with Gasteiger partial charge in [0.05, 0.1) is 16.9 Å². The van der Waals surface area contributed by atoms with E-state index in [9.17, 15) is 13.2 Å². The van der Waals surface area contributed by atoms with E-state index in [4.69, 9.17) is 16.0 Å². The Kier molecular flexibility index (Phi) is 5.98. The minimum atomic E-state index is -3.56. The maximum absolute atomic E-state index is 12.5. The van der Waals surface area contributed by atoms with Crippen LogP contribution >= 0.6 is 11.6 Å². The van der Waals surface area contributed by atoms with Crippen LogP contribution in [0.2, 0.25) is 5.02 Å². The highest BCUT2D eigenvalue weighted by Crippen LogP contribution is 2.20. The number of rotatable bonds is 7. The van der Waals surface area contributed by atoms with Crippen LogP contribution in [-0.2, 0) is 22.0 Å². The van der Waals surface area contributed by atoms with Gasteiger partial charge in [-0.05, 0) is 42.3 Å². The number of carbonyl (C=O) groups excluding carboxylic acids is 1. The summed E-state index contributed by atoms with van der Waals surface area (Å²) in [5.41, 5.74) is 1.37. The molecule has 2 aromatic carbocycles. The second-order valence-electron chi connectivity index (χ2n) is 5.98. The first-order valence-electron chi connectivity index (χ1n) is 8.32. The smallest absolute Gasteiger partial charge is 0.287 e. The van der Waals surface area contributed by atoms with Gasteiger partial charge >= 0.3 is 0 Å². The molecule has 0 saturated heterocycles. The van der Waals surface area contributed by atoms with Crippen molar-refractivity contribution in [1.82, 2.24) is 5.32 Å². The molecule has 0 atom stereocenters. The third-order valence-electron chi connectivity index (χ3n) is 4.01. The van der Waals surface area contributed by atoms with E-state index in [1.807, 2.05) is 12.1 Å². The van der Waals surface area contributed by atoms with Gasteiger partial charge in [0.2, 0.25) is 0 Å². The lowest BCUT2D eigenvalue weighted by Gasteiger charge is -2.07. The van der Waals surface area contributed by atoms with Crippen LogP contribution in [0.5, 0.6) is 0 Å². The minimum absolute atomic E-state index is 0.0191. The topological polar surface area (TPSA) is 76.4 Å². The van der Waals surface area contributed by atoms with Crippen LogP contribution in [-0.4, -0.2) is 20.9 Å². The number of hydrogen-bond acceptors (Lipinski definition) is 4. The van der Waals surface area contributed by atoms with E-state index in [1.54, 1.807) is 30.3 Å². The molecule has 27 heavy (non-hydrogen) atoms. The van der Waals surface area contributed by atoms with Gasteiger partial charge < -0.3 is 9.73 Å². The van der Waals surface area contributed by atoms with Gasteiger partial charge in [0.25, 0.3) is 5.91 Å². The Morgan fingerprint density at radius 2 is 1.70 bits per heavy atom. The van der Waals surface area contributed by atoms with Gasteiger partial charge in [-0.2, -0.15) is 0 Å². The maximum Gasteiger partial charge on any atom is 0.287 e. The molecule has 3 aromatic rings. The summed E-state index contributed by atoms with van der Waals surface area (Å²) in [6.07, 6.45) is 1.95. The number of amides is 1. The van der Waals surface area contributed by atoms with Crippen molar-refractivity contribution in [3.8, 4) is 0 Å². The van der Waals surface area contributed by atoms with Crippen LogP contribution in [0.4, 0.5) is 0 Å². The molecule has 1 heterocycles. The summed E-state index contributed by atoms with van der Waals surface area (Å²) >= 11 is 5.85. The molecule has 0 bridgehead atoms. The zero-order valence-corrected chi connectivity index (χ0v) is 16.0. The van der Waals surface area contributed by atoms with Gasteiger partial charge in [0.15, 0.2) is 15.6 Å². The van der Waals surface area contributed by atoms with E-state index >= 15 is 0 Å². The molecule has 7 heteroatoms. The van der Waals surface area contributed by atoms with Crippen molar-refractivity contribution in [1.29, 1.82) is 0 Å². The molecular weight excluding hydrogens is 386 g/mol. The molecule has 0 saturated carbocycles. The van der Waals surface area contributed by atoms with Crippen molar-refractivity contribution in [2.45, 2.75) is 17.1 Å². The Bertz CT molecular complexity index is 1010. The van der Waals surface area contributed by atoms with Gasteiger partial charge in [-0.25, -0.2) is 8.42 Å². The largest absolute Gasteiger partial charge is 0.459 e. The maximum atomic E-state index is 12.5. The predicted molar refractivity (Wildman–Crippen MR) is 104 cm³/mol. The van der Waals surface area contributed by atoms with Crippen molar-refractivity contribution in [2.75, 3.05) is 6.54 Å². The minimum Gasteiger partial charge on any atom is -0.459 e. The second-order valence-corrected chi connectivity index (χ2v) is 8.41. The number of sulfone groups is 1. The predicted octanol–water partition coefficient (Wildman–Crippen LogP) is 3.88. The summed E-state index contributed by atoms with van der Waals surface area (Å²) in [7, 11) is -3.56. The first-order chi connectivity index (χ1) is 13.0. The van der Waals surface area contributed by atoms with Gasteiger partial charge in [-0.1, -0.05) is 41.9 Å². The van der Waals surface area contributed by atoms with E-state index < -0.39 is 15.7 Å². The molecule has 0 aliphatic rings. The number of furan rings is 1. The molecule has 0 radical (unpaired) electrons. The van der Waals surface area contributed by atoms with E-state index in [2.05, 4.69) is 5.32 Å². The number of hydrogen-bond donors (Lipinski definition) is 1. The third-order valence-corrected chi connectivity index (χ3v) is 5.95. The zero-order chi connectivity index (χ0) is 19.3. The molecule has 1 amide bonds. The highest BCUT2D eigenvalue weighted by Gasteiger charge is 2.22. The third kappa shape index (κ3) is 4.99. The highest BCUT2D eigenvalue weighted by atomic mass is 35.5. The van der Waals surface area contributed by atoms with Crippen molar-refractivity contribution in [3.63, 3.8) is 0 Å². The lowest BCUT2D eigenvalue weighted by Crippen LogP contribution is -2.26. The van der Waals surface area contributed by atoms with Crippen molar-refractivity contribution >= 4 is 27.3 Å². The Morgan fingerprint density at radius 3 is 2.41 bits per heavy atom. The number of benzene rings is 2. The van der Waals surface area contributed by atoms with Gasteiger partial charge in [0, 0.05) is 17.1 Å². The second kappa shape index (κ2) is 8.41. The monoisotopic (exact) mass is 403 g/mol. The lowest BCUT2D eigenvalue weighted by molar-refractivity contribution is 0.0925. The fourth-order valence-electron chi connectivity index (χ4n) is 2.62. The van der Waals surface area contributed by atoms with Crippen LogP contribution in [0, 0.1) is 0 Å². The average Bonchev–Trinajstić information content (AvgIpc) is 3.11. The molecule has 0 spiro atoms. The summed E-state index contributed by atoms with van der Waals surface area (Å²) < 4.78 is 30.3. The summed E-state index contributed by atoms with van der Waals surface area (Å²) in [6, 6.07) is 17.0. The van der Waals surface area contributed by atoms with Gasteiger partial charge in [0.1, 0.15) is 0 Å². The normalized spacial score (nSPS) is 11.3. The van der Waals surface area contributed by atoms with E-state index in [0.29, 0.717) is 23.6 Å². The lowest BCUT2D eigenvalue weighted by atomic mass is 10.1. The summed E-state index contributed by atoms with van der Waals surface area (Å²) in [4.78, 5) is 12.6. The van der Waals surface area contributed by atoms with E-state index in [1.165, 1.54) is 24.5 Å². The first kappa shape index (κ1) is 19.2. The van der Waals surface area contributed by atoms with Crippen molar-refractivity contribution in [3.05, 3.63) is 88.8 Å². The molecule has 0 aliphatic carbocycles. The average molecular weight is 404 g/mol. The van der Waals surface area contributed by atoms with Crippen molar-refractivity contribution < 1.29 is 17.6 Å². The SMILES string of the molecule is O=C(NCCc1ccc(Cl)cc1)c1occc1CS(=O)(=O)c1ccccc1. The molecule has 0 unspecified atom stereocenters. The van der Waals surface area contributed by atoms with Crippen LogP contribution in [0.15, 0.2) is 76.2 Å². The summed E-state index contributed by atoms with van der Waals surface area (Å²) in [5.74, 6) is -0.717. The van der Waals surface area contributed by atoms with Gasteiger partial charge in [-0.3, -0.25) is 4.79 Å². The fourth-order valence-corrected chi connectivity index (χ4v) is 4.12. The number of halogens is 1. The first-order valence-corrected chi connectivity index (χ1v) is 10.4. The van der Waals surface area contributed by atoms with Crippen molar-refractivity contribution in [2.24, 2.45) is 0 Å². The number of carbonyl (C=O) groups is 1.